The molecule has 6 nitrogen and oxygen atoms in total. The zero-order valence-corrected chi connectivity index (χ0v) is 15.4. The second-order valence-corrected chi connectivity index (χ2v) is 6.65. The van der Waals surface area contributed by atoms with Gasteiger partial charge in [-0.25, -0.2) is 9.78 Å². The minimum atomic E-state index is -0.346. The lowest BCUT2D eigenvalue weighted by atomic mass is 10.1. The lowest BCUT2D eigenvalue weighted by Crippen LogP contribution is -2.25. The molecule has 0 aliphatic carbocycles. The second kappa shape index (κ2) is 7.56. The van der Waals surface area contributed by atoms with Crippen LogP contribution in [-0.2, 0) is 24.2 Å². The van der Waals surface area contributed by atoms with E-state index >= 15 is 0 Å². The smallest absolute Gasteiger partial charge is 0.337 e. The SMILES string of the molecule is COC(=O)c1ccc(CN2CCc3c2ncn(CC=C(C)C)c3=O)cc1. The zero-order valence-electron chi connectivity index (χ0n) is 15.4. The highest BCUT2D eigenvalue weighted by Crippen LogP contribution is 2.24. The fourth-order valence-electron chi connectivity index (χ4n) is 3.02. The molecule has 0 saturated carbocycles. The van der Waals surface area contributed by atoms with Crippen molar-refractivity contribution in [2.24, 2.45) is 0 Å². The number of ether oxygens (including phenoxy) is 1. The van der Waals surface area contributed by atoms with Crippen molar-refractivity contribution in [3.05, 3.63) is 69.3 Å². The third-order valence-electron chi connectivity index (χ3n) is 4.48. The van der Waals surface area contributed by atoms with Gasteiger partial charge in [0.25, 0.3) is 5.56 Å². The lowest BCUT2D eigenvalue weighted by Gasteiger charge is -2.18. The zero-order chi connectivity index (χ0) is 18.7. The number of esters is 1. The van der Waals surface area contributed by atoms with Crippen LogP contribution in [0.2, 0.25) is 0 Å². The summed E-state index contributed by atoms with van der Waals surface area (Å²) in [5.74, 6) is 0.419. The Morgan fingerprint density at radius 3 is 2.65 bits per heavy atom. The molecule has 136 valence electrons. The largest absolute Gasteiger partial charge is 0.465 e. The molecule has 1 aromatic carbocycles. The average molecular weight is 353 g/mol. The van der Waals surface area contributed by atoms with Gasteiger partial charge in [-0.2, -0.15) is 0 Å². The highest BCUT2D eigenvalue weighted by atomic mass is 16.5. The molecule has 0 bridgehead atoms. The number of hydrogen-bond donors (Lipinski definition) is 0. The van der Waals surface area contributed by atoms with Gasteiger partial charge in [-0.1, -0.05) is 23.8 Å². The molecule has 3 rings (SSSR count). The fraction of sp³-hybridized carbons (Fsp3) is 0.350. The summed E-state index contributed by atoms with van der Waals surface area (Å²) in [6.45, 7) is 6.00. The van der Waals surface area contributed by atoms with Crippen LogP contribution < -0.4 is 10.5 Å². The van der Waals surface area contributed by atoms with E-state index in [0.717, 1.165) is 23.5 Å². The van der Waals surface area contributed by atoms with Crippen LogP contribution in [0.1, 0.15) is 35.3 Å². The Morgan fingerprint density at radius 1 is 1.27 bits per heavy atom. The Kier molecular flexibility index (Phi) is 5.21. The van der Waals surface area contributed by atoms with Crippen molar-refractivity contribution < 1.29 is 9.53 Å². The summed E-state index contributed by atoms with van der Waals surface area (Å²) >= 11 is 0. The number of benzene rings is 1. The van der Waals surface area contributed by atoms with E-state index in [2.05, 4.69) is 9.88 Å². The van der Waals surface area contributed by atoms with Gasteiger partial charge in [-0.3, -0.25) is 9.36 Å². The van der Waals surface area contributed by atoms with Crippen LogP contribution in [0, 0.1) is 0 Å². The van der Waals surface area contributed by atoms with Gasteiger partial charge in [0.05, 0.1) is 18.2 Å². The number of methoxy groups -OCH3 is 1. The first-order valence-corrected chi connectivity index (χ1v) is 8.63. The number of fused-ring (bicyclic) bond motifs is 1. The maximum absolute atomic E-state index is 12.6. The van der Waals surface area contributed by atoms with Gasteiger partial charge in [0.15, 0.2) is 0 Å². The molecular formula is C20H23N3O3. The first-order chi connectivity index (χ1) is 12.5. The summed E-state index contributed by atoms with van der Waals surface area (Å²) in [5, 5.41) is 0. The molecule has 1 aliphatic heterocycles. The first-order valence-electron chi connectivity index (χ1n) is 8.63. The third kappa shape index (κ3) is 3.69. The molecule has 2 heterocycles. The number of carbonyl (C=O) groups is 1. The van der Waals surface area contributed by atoms with Crippen LogP contribution >= 0.6 is 0 Å². The van der Waals surface area contributed by atoms with Gasteiger partial charge in [-0.15, -0.1) is 0 Å². The molecule has 0 atom stereocenters. The Labute approximate surface area is 152 Å². The monoisotopic (exact) mass is 353 g/mol. The Bertz CT molecular complexity index is 894. The van der Waals surface area contributed by atoms with Crippen molar-refractivity contribution in [1.82, 2.24) is 9.55 Å². The van der Waals surface area contributed by atoms with Gasteiger partial charge in [0, 0.05) is 19.6 Å². The number of rotatable bonds is 5. The summed E-state index contributed by atoms with van der Waals surface area (Å²) in [6.07, 6.45) is 4.35. The van der Waals surface area contributed by atoms with Crippen molar-refractivity contribution in [2.45, 2.75) is 33.4 Å². The number of allylic oxidation sites excluding steroid dienone is 2. The van der Waals surface area contributed by atoms with E-state index in [1.54, 1.807) is 23.0 Å². The summed E-state index contributed by atoms with van der Waals surface area (Å²) in [6, 6.07) is 7.31. The van der Waals surface area contributed by atoms with Gasteiger partial charge >= 0.3 is 5.97 Å². The van der Waals surface area contributed by atoms with Crippen LogP contribution in [0.25, 0.3) is 0 Å². The molecule has 0 amide bonds. The van der Waals surface area contributed by atoms with Crippen LogP contribution in [0.5, 0.6) is 0 Å². The summed E-state index contributed by atoms with van der Waals surface area (Å²) < 4.78 is 6.37. The van der Waals surface area contributed by atoms with Crippen molar-refractivity contribution in [2.75, 3.05) is 18.6 Å². The van der Waals surface area contributed by atoms with Crippen molar-refractivity contribution in [3.63, 3.8) is 0 Å². The second-order valence-electron chi connectivity index (χ2n) is 6.65. The molecule has 0 fully saturated rings. The van der Waals surface area contributed by atoms with Crippen molar-refractivity contribution in [3.8, 4) is 0 Å². The topological polar surface area (TPSA) is 64.4 Å². The molecule has 0 unspecified atom stereocenters. The first kappa shape index (κ1) is 17.9. The Morgan fingerprint density at radius 2 is 2.00 bits per heavy atom. The van der Waals surface area contributed by atoms with E-state index in [1.165, 1.54) is 12.7 Å². The molecule has 2 aromatic rings. The maximum atomic E-state index is 12.6. The lowest BCUT2D eigenvalue weighted by molar-refractivity contribution is 0.0600. The van der Waals surface area contributed by atoms with Crippen molar-refractivity contribution in [1.29, 1.82) is 0 Å². The molecule has 0 radical (unpaired) electrons. The van der Waals surface area contributed by atoms with Crippen LogP contribution in [-0.4, -0.2) is 29.2 Å². The highest BCUT2D eigenvalue weighted by molar-refractivity contribution is 5.89. The predicted molar refractivity (Wildman–Crippen MR) is 100 cm³/mol. The van der Waals surface area contributed by atoms with E-state index in [9.17, 15) is 9.59 Å². The third-order valence-corrected chi connectivity index (χ3v) is 4.48. The normalized spacial score (nSPS) is 12.7. The van der Waals surface area contributed by atoms with Gasteiger partial charge in [0.1, 0.15) is 12.1 Å². The highest BCUT2D eigenvalue weighted by Gasteiger charge is 2.24. The quantitative estimate of drug-likeness (QED) is 0.611. The minimum absolute atomic E-state index is 0.0380. The van der Waals surface area contributed by atoms with Crippen LogP contribution in [0.4, 0.5) is 5.82 Å². The molecular weight excluding hydrogens is 330 g/mol. The standard InChI is InChI=1S/C20H23N3O3/c1-14(2)8-10-23-13-21-18-17(19(23)24)9-11-22(18)12-15-4-6-16(7-5-15)20(25)26-3/h4-8,13H,9-12H2,1-3H3. The van der Waals surface area contributed by atoms with Gasteiger partial charge in [-0.05, 0) is 38.0 Å². The number of nitrogens with zero attached hydrogens (tertiary/aromatic N) is 3. The molecule has 1 aliphatic rings. The van der Waals surface area contributed by atoms with E-state index < -0.39 is 0 Å². The van der Waals surface area contributed by atoms with Crippen molar-refractivity contribution >= 4 is 11.8 Å². The molecule has 1 aromatic heterocycles. The average Bonchev–Trinajstić information content (AvgIpc) is 3.04. The van der Waals surface area contributed by atoms with Crippen LogP contribution in [0.15, 0.2) is 47.0 Å². The molecule has 0 saturated heterocycles. The number of carbonyl (C=O) groups excluding carboxylic acids is 1. The van der Waals surface area contributed by atoms with E-state index in [-0.39, 0.29) is 11.5 Å². The molecule has 26 heavy (non-hydrogen) atoms. The molecule has 0 N–H and O–H groups in total. The Hall–Kier alpha value is -2.89. The van der Waals surface area contributed by atoms with E-state index in [0.29, 0.717) is 25.1 Å². The Balaban J connectivity index is 1.77. The summed E-state index contributed by atoms with van der Waals surface area (Å²) in [4.78, 5) is 30.8. The number of aromatic nitrogens is 2. The predicted octanol–water partition coefficient (Wildman–Crippen LogP) is 2.56. The summed E-state index contributed by atoms with van der Waals surface area (Å²) in [5.41, 5.74) is 3.57. The van der Waals surface area contributed by atoms with Crippen LogP contribution in [0.3, 0.4) is 0 Å². The number of hydrogen-bond acceptors (Lipinski definition) is 5. The molecule has 0 spiro atoms. The van der Waals surface area contributed by atoms with E-state index in [4.69, 9.17) is 4.74 Å². The number of anilines is 1. The van der Waals surface area contributed by atoms with E-state index in [1.807, 2.05) is 32.1 Å². The van der Waals surface area contributed by atoms with Gasteiger partial charge < -0.3 is 9.64 Å². The maximum Gasteiger partial charge on any atom is 0.337 e. The fourth-order valence-corrected chi connectivity index (χ4v) is 3.02. The van der Waals surface area contributed by atoms with Gasteiger partial charge in [0.2, 0.25) is 0 Å². The molecule has 6 heteroatoms. The summed E-state index contributed by atoms with van der Waals surface area (Å²) in [7, 11) is 1.37. The minimum Gasteiger partial charge on any atom is -0.465 e.